The summed E-state index contributed by atoms with van der Waals surface area (Å²) in [5, 5.41) is 13.3. The smallest absolute Gasteiger partial charge is 0.271 e. The molecule has 0 aromatic heterocycles. The molecule has 0 saturated carbocycles. The molecule has 1 radical (unpaired) electrons. The molecular formula is C14H11N2O4. The summed E-state index contributed by atoms with van der Waals surface area (Å²) >= 11 is 0. The quantitative estimate of drug-likeness (QED) is 0.684. The summed E-state index contributed by atoms with van der Waals surface area (Å²) < 4.78 is 5.59. The van der Waals surface area contributed by atoms with Crippen molar-refractivity contribution in [1.29, 1.82) is 0 Å². The summed E-state index contributed by atoms with van der Waals surface area (Å²) in [7, 11) is 0. The summed E-state index contributed by atoms with van der Waals surface area (Å²) in [5.41, 5.74) is 0.127. The summed E-state index contributed by atoms with van der Waals surface area (Å²) in [6, 6.07) is 13.6. The number of nitro groups is 1. The SMILES string of the molecule is CC(=O)Nc1cc([N+](=O)[O-])ccc1Oc1cc[c]cc1. The molecule has 0 fully saturated rings. The van der Waals surface area contributed by atoms with Crippen molar-refractivity contribution in [3.63, 3.8) is 0 Å². The zero-order chi connectivity index (χ0) is 14.5. The van der Waals surface area contributed by atoms with Crippen LogP contribution in [0.25, 0.3) is 0 Å². The van der Waals surface area contributed by atoms with Gasteiger partial charge in [-0.25, -0.2) is 0 Å². The van der Waals surface area contributed by atoms with Crippen molar-refractivity contribution in [1.82, 2.24) is 0 Å². The zero-order valence-electron chi connectivity index (χ0n) is 10.6. The van der Waals surface area contributed by atoms with E-state index in [2.05, 4.69) is 11.4 Å². The first-order chi connectivity index (χ1) is 9.56. The maximum atomic E-state index is 11.2. The Morgan fingerprint density at radius 3 is 2.60 bits per heavy atom. The van der Waals surface area contributed by atoms with Crippen LogP contribution in [0, 0.1) is 16.2 Å². The van der Waals surface area contributed by atoms with Crippen molar-refractivity contribution in [3.8, 4) is 11.5 Å². The van der Waals surface area contributed by atoms with E-state index in [0.29, 0.717) is 11.5 Å². The van der Waals surface area contributed by atoms with Crippen LogP contribution < -0.4 is 10.1 Å². The third kappa shape index (κ3) is 3.32. The van der Waals surface area contributed by atoms with Crippen LogP contribution in [0.4, 0.5) is 11.4 Å². The first-order valence-corrected chi connectivity index (χ1v) is 5.76. The van der Waals surface area contributed by atoms with E-state index in [-0.39, 0.29) is 17.3 Å². The number of non-ortho nitro benzene ring substituents is 1. The molecule has 6 nitrogen and oxygen atoms in total. The molecular weight excluding hydrogens is 260 g/mol. The number of benzene rings is 2. The molecule has 1 amide bonds. The number of nitro benzene ring substituents is 1. The lowest BCUT2D eigenvalue weighted by molar-refractivity contribution is -0.384. The Morgan fingerprint density at radius 2 is 2.00 bits per heavy atom. The van der Waals surface area contributed by atoms with Gasteiger partial charge in [0.15, 0.2) is 5.75 Å². The Bertz CT molecular complexity index is 641. The molecule has 0 saturated heterocycles. The largest absolute Gasteiger partial charge is 0.455 e. The molecule has 6 heteroatoms. The number of nitrogens with one attached hydrogen (secondary N) is 1. The average Bonchev–Trinajstić information content (AvgIpc) is 2.41. The fourth-order valence-corrected chi connectivity index (χ4v) is 1.57. The molecule has 101 valence electrons. The van der Waals surface area contributed by atoms with Gasteiger partial charge in [0, 0.05) is 19.1 Å². The molecule has 1 N–H and O–H groups in total. The van der Waals surface area contributed by atoms with Gasteiger partial charge in [0.2, 0.25) is 5.91 Å². The third-order valence-corrected chi connectivity index (χ3v) is 2.40. The van der Waals surface area contributed by atoms with Crippen molar-refractivity contribution >= 4 is 17.3 Å². The highest BCUT2D eigenvalue weighted by Gasteiger charge is 2.13. The molecule has 0 bridgehead atoms. The molecule has 2 rings (SSSR count). The Morgan fingerprint density at radius 1 is 1.30 bits per heavy atom. The molecule has 0 aliphatic carbocycles. The van der Waals surface area contributed by atoms with E-state index < -0.39 is 4.92 Å². The van der Waals surface area contributed by atoms with Crippen LogP contribution in [0.15, 0.2) is 42.5 Å². The fraction of sp³-hybridized carbons (Fsp3) is 0.0714. The third-order valence-electron chi connectivity index (χ3n) is 2.40. The molecule has 0 spiro atoms. The summed E-state index contributed by atoms with van der Waals surface area (Å²) in [4.78, 5) is 21.4. The van der Waals surface area contributed by atoms with E-state index in [1.807, 2.05) is 0 Å². The fourth-order valence-electron chi connectivity index (χ4n) is 1.57. The molecule has 0 unspecified atom stereocenters. The van der Waals surface area contributed by atoms with E-state index in [4.69, 9.17) is 4.74 Å². The maximum Gasteiger partial charge on any atom is 0.271 e. The van der Waals surface area contributed by atoms with Crippen LogP contribution in [-0.4, -0.2) is 10.8 Å². The van der Waals surface area contributed by atoms with Crippen molar-refractivity contribution in [3.05, 3.63) is 58.6 Å². The van der Waals surface area contributed by atoms with E-state index in [9.17, 15) is 14.9 Å². The second-order valence-corrected chi connectivity index (χ2v) is 3.96. The monoisotopic (exact) mass is 271 g/mol. The number of nitrogens with zero attached hydrogens (tertiary/aromatic N) is 1. The van der Waals surface area contributed by atoms with Crippen LogP contribution >= 0.6 is 0 Å². The standard InChI is InChI=1S/C14H11N2O4/c1-10(17)15-13-9-11(16(18)19)7-8-14(13)20-12-5-3-2-4-6-12/h3-9H,1H3,(H,15,17). The van der Waals surface area contributed by atoms with Crippen LogP contribution in [0.1, 0.15) is 6.92 Å². The molecule has 0 atom stereocenters. The molecule has 2 aromatic rings. The highest BCUT2D eigenvalue weighted by atomic mass is 16.6. The van der Waals surface area contributed by atoms with E-state index >= 15 is 0 Å². The van der Waals surface area contributed by atoms with Crippen molar-refractivity contribution in [2.75, 3.05) is 5.32 Å². The number of rotatable bonds is 4. The first kappa shape index (κ1) is 13.5. The number of hydrogen-bond donors (Lipinski definition) is 1. The van der Waals surface area contributed by atoms with Crippen molar-refractivity contribution in [2.24, 2.45) is 0 Å². The Kier molecular flexibility index (Phi) is 3.95. The number of amides is 1. The van der Waals surface area contributed by atoms with E-state index in [1.54, 1.807) is 24.3 Å². The number of carbonyl (C=O) groups excluding carboxylic acids is 1. The molecule has 0 aliphatic rings. The van der Waals surface area contributed by atoms with Crippen molar-refractivity contribution < 1.29 is 14.5 Å². The minimum absolute atomic E-state index is 0.123. The number of carbonyl (C=O) groups is 1. The Labute approximate surface area is 115 Å². The molecule has 0 aliphatic heterocycles. The highest BCUT2D eigenvalue weighted by Crippen LogP contribution is 2.32. The van der Waals surface area contributed by atoms with Gasteiger partial charge in [-0.3, -0.25) is 14.9 Å². The topological polar surface area (TPSA) is 81.5 Å². The van der Waals surface area contributed by atoms with Gasteiger partial charge in [0.25, 0.3) is 5.69 Å². The van der Waals surface area contributed by atoms with Gasteiger partial charge in [-0.05, 0) is 24.3 Å². The lowest BCUT2D eigenvalue weighted by Crippen LogP contribution is -2.07. The summed E-state index contributed by atoms with van der Waals surface area (Å²) in [6.07, 6.45) is 0. The van der Waals surface area contributed by atoms with Gasteiger partial charge in [-0.1, -0.05) is 12.1 Å². The van der Waals surface area contributed by atoms with Crippen LogP contribution in [0.5, 0.6) is 11.5 Å². The van der Waals surface area contributed by atoms with Crippen molar-refractivity contribution in [2.45, 2.75) is 6.92 Å². The Hall–Kier alpha value is -2.89. The van der Waals surface area contributed by atoms with Gasteiger partial charge < -0.3 is 10.1 Å². The second-order valence-electron chi connectivity index (χ2n) is 3.96. The van der Waals surface area contributed by atoms with E-state index in [1.165, 1.54) is 25.1 Å². The highest BCUT2D eigenvalue weighted by molar-refractivity contribution is 5.91. The minimum Gasteiger partial charge on any atom is -0.455 e. The van der Waals surface area contributed by atoms with Gasteiger partial charge in [-0.15, -0.1) is 0 Å². The first-order valence-electron chi connectivity index (χ1n) is 5.76. The molecule has 0 heterocycles. The maximum absolute atomic E-state index is 11.2. The molecule has 2 aromatic carbocycles. The normalized spacial score (nSPS) is 9.85. The number of anilines is 1. The van der Waals surface area contributed by atoms with E-state index in [0.717, 1.165) is 0 Å². The van der Waals surface area contributed by atoms with Crippen LogP contribution in [-0.2, 0) is 4.79 Å². The lowest BCUT2D eigenvalue weighted by Gasteiger charge is -2.11. The second kappa shape index (κ2) is 5.83. The summed E-state index contributed by atoms with van der Waals surface area (Å²) in [5.74, 6) is 0.540. The van der Waals surface area contributed by atoms with Gasteiger partial charge in [-0.2, -0.15) is 0 Å². The minimum atomic E-state index is -0.535. The lowest BCUT2D eigenvalue weighted by atomic mass is 10.2. The van der Waals surface area contributed by atoms with Gasteiger partial charge >= 0.3 is 0 Å². The zero-order valence-corrected chi connectivity index (χ0v) is 10.6. The molecule has 20 heavy (non-hydrogen) atoms. The average molecular weight is 271 g/mol. The van der Waals surface area contributed by atoms with Crippen LogP contribution in [0.3, 0.4) is 0 Å². The number of hydrogen-bond acceptors (Lipinski definition) is 4. The number of ether oxygens (including phenoxy) is 1. The predicted octanol–water partition coefficient (Wildman–Crippen LogP) is 3.15. The van der Waals surface area contributed by atoms with Gasteiger partial charge in [0.05, 0.1) is 10.6 Å². The summed E-state index contributed by atoms with van der Waals surface area (Å²) in [6.45, 7) is 1.32. The Balaban J connectivity index is 2.36. The van der Waals surface area contributed by atoms with Crippen LogP contribution in [0.2, 0.25) is 0 Å². The van der Waals surface area contributed by atoms with Gasteiger partial charge in [0.1, 0.15) is 5.75 Å². The predicted molar refractivity (Wildman–Crippen MR) is 72.8 cm³/mol.